The highest BCUT2D eigenvalue weighted by Gasteiger charge is 2.52. The van der Waals surface area contributed by atoms with E-state index in [1.807, 2.05) is 6.92 Å². The molecule has 0 bridgehead atoms. The molecule has 0 aromatic carbocycles. The third-order valence-electron chi connectivity index (χ3n) is 4.09. The fraction of sp³-hybridized carbons (Fsp3) is 0.923. The maximum Gasteiger partial charge on any atom is 0.131 e. The first kappa shape index (κ1) is 13.0. The normalized spacial score (nSPS) is 37.4. The van der Waals surface area contributed by atoms with Crippen molar-refractivity contribution in [3.05, 3.63) is 0 Å². The third kappa shape index (κ3) is 2.52. The first-order valence-corrected chi connectivity index (χ1v) is 6.55. The molecule has 0 aliphatic carbocycles. The average Bonchev–Trinajstić information content (AvgIpc) is 2.72. The second-order valence-corrected chi connectivity index (χ2v) is 5.41. The highest BCUT2D eigenvalue weighted by atomic mass is 19.1. The molecule has 0 saturated carbocycles. The van der Waals surface area contributed by atoms with Crippen molar-refractivity contribution in [2.75, 3.05) is 19.8 Å². The van der Waals surface area contributed by atoms with Crippen molar-refractivity contribution >= 4 is 5.78 Å². The van der Waals surface area contributed by atoms with Crippen molar-refractivity contribution in [2.24, 2.45) is 0 Å². The van der Waals surface area contributed by atoms with Gasteiger partial charge in [0.25, 0.3) is 0 Å². The Morgan fingerprint density at radius 1 is 1.59 bits per heavy atom. The standard InChI is InChI=1S/C13H22FNO2/c1-3-17-9-13-5-4-12(6-10(2)16)15(13)8-11(14)7-13/h11-12H,3-9H2,1-2H3. The summed E-state index contributed by atoms with van der Waals surface area (Å²) in [5.74, 6) is 0.199. The first-order chi connectivity index (χ1) is 8.07. The second-order valence-electron chi connectivity index (χ2n) is 5.41. The molecular formula is C13H22FNO2. The molecule has 2 heterocycles. The molecule has 2 rings (SSSR count). The first-order valence-electron chi connectivity index (χ1n) is 6.55. The van der Waals surface area contributed by atoms with Crippen LogP contribution in [0.4, 0.5) is 4.39 Å². The molecule has 17 heavy (non-hydrogen) atoms. The minimum atomic E-state index is -0.759. The van der Waals surface area contributed by atoms with Crippen LogP contribution < -0.4 is 0 Å². The molecule has 2 saturated heterocycles. The summed E-state index contributed by atoms with van der Waals surface area (Å²) in [5.41, 5.74) is -0.129. The summed E-state index contributed by atoms with van der Waals surface area (Å²) in [6.07, 6.45) is 2.33. The quantitative estimate of drug-likeness (QED) is 0.739. The van der Waals surface area contributed by atoms with E-state index in [4.69, 9.17) is 4.74 Å². The molecule has 0 aromatic rings. The van der Waals surface area contributed by atoms with Gasteiger partial charge in [-0.25, -0.2) is 4.39 Å². The van der Waals surface area contributed by atoms with Gasteiger partial charge in [-0.3, -0.25) is 9.69 Å². The number of rotatable bonds is 5. The maximum atomic E-state index is 13.6. The van der Waals surface area contributed by atoms with E-state index in [0.717, 1.165) is 12.8 Å². The van der Waals surface area contributed by atoms with Gasteiger partial charge in [0, 0.05) is 37.6 Å². The van der Waals surface area contributed by atoms with Gasteiger partial charge < -0.3 is 4.74 Å². The summed E-state index contributed by atoms with van der Waals surface area (Å²) in [7, 11) is 0. The SMILES string of the molecule is CCOCC12CCC(CC(C)=O)N1CC(F)C2. The van der Waals surface area contributed by atoms with E-state index in [-0.39, 0.29) is 17.4 Å². The number of halogens is 1. The molecule has 3 unspecified atom stereocenters. The van der Waals surface area contributed by atoms with E-state index in [9.17, 15) is 9.18 Å². The molecular weight excluding hydrogens is 221 g/mol. The molecule has 4 heteroatoms. The predicted octanol–water partition coefficient (Wildman–Crippen LogP) is 1.95. The predicted molar refractivity (Wildman–Crippen MR) is 63.8 cm³/mol. The molecule has 0 radical (unpaired) electrons. The van der Waals surface area contributed by atoms with Crippen molar-refractivity contribution in [3.63, 3.8) is 0 Å². The monoisotopic (exact) mass is 243 g/mol. The van der Waals surface area contributed by atoms with E-state index in [2.05, 4.69) is 4.90 Å². The van der Waals surface area contributed by atoms with Gasteiger partial charge in [-0.15, -0.1) is 0 Å². The zero-order valence-electron chi connectivity index (χ0n) is 10.7. The Hall–Kier alpha value is -0.480. The lowest BCUT2D eigenvalue weighted by Crippen LogP contribution is -2.46. The van der Waals surface area contributed by atoms with Crippen molar-refractivity contribution in [1.82, 2.24) is 4.90 Å². The highest BCUT2D eigenvalue weighted by molar-refractivity contribution is 5.76. The largest absolute Gasteiger partial charge is 0.380 e. The Kier molecular flexibility index (Phi) is 3.83. The van der Waals surface area contributed by atoms with E-state index in [0.29, 0.717) is 32.6 Å². The zero-order valence-corrected chi connectivity index (χ0v) is 10.7. The molecule has 2 aliphatic heterocycles. The number of carbonyl (C=O) groups is 1. The Balaban J connectivity index is 2.06. The zero-order chi connectivity index (χ0) is 12.5. The molecule has 0 spiro atoms. The minimum absolute atomic E-state index is 0.129. The summed E-state index contributed by atoms with van der Waals surface area (Å²) >= 11 is 0. The molecule has 98 valence electrons. The van der Waals surface area contributed by atoms with Crippen LogP contribution in [0.2, 0.25) is 0 Å². The fourth-order valence-electron chi connectivity index (χ4n) is 3.42. The van der Waals surface area contributed by atoms with Crippen LogP contribution in [-0.4, -0.2) is 48.2 Å². The number of ketones is 1. The topological polar surface area (TPSA) is 29.5 Å². The molecule has 0 aromatic heterocycles. The van der Waals surface area contributed by atoms with Gasteiger partial charge in [-0.05, 0) is 26.7 Å². The van der Waals surface area contributed by atoms with Crippen LogP contribution in [0.5, 0.6) is 0 Å². The number of fused-ring (bicyclic) bond motifs is 1. The average molecular weight is 243 g/mol. The van der Waals surface area contributed by atoms with Crippen LogP contribution in [0.25, 0.3) is 0 Å². The lowest BCUT2D eigenvalue weighted by atomic mass is 9.94. The van der Waals surface area contributed by atoms with Gasteiger partial charge in [-0.2, -0.15) is 0 Å². The highest BCUT2D eigenvalue weighted by Crippen LogP contribution is 2.44. The second kappa shape index (κ2) is 5.02. The molecule has 0 amide bonds. The number of Topliss-reactive ketones (excluding diaryl/α,β-unsaturated/α-hetero) is 1. The Bertz CT molecular complexity index is 297. The lowest BCUT2D eigenvalue weighted by Gasteiger charge is -2.34. The summed E-state index contributed by atoms with van der Waals surface area (Å²) < 4.78 is 19.2. The minimum Gasteiger partial charge on any atom is -0.380 e. The van der Waals surface area contributed by atoms with Crippen molar-refractivity contribution in [1.29, 1.82) is 0 Å². The number of nitrogens with zero attached hydrogens (tertiary/aromatic N) is 1. The third-order valence-corrected chi connectivity index (χ3v) is 4.09. The van der Waals surface area contributed by atoms with Crippen LogP contribution in [0.15, 0.2) is 0 Å². The van der Waals surface area contributed by atoms with E-state index in [1.54, 1.807) is 6.92 Å². The summed E-state index contributed by atoms with van der Waals surface area (Å²) in [6.45, 7) is 5.34. The molecule has 2 aliphatic rings. The van der Waals surface area contributed by atoms with Gasteiger partial charge in [-0.1, -0.05) is 0 Å². The summed E-state index contributed by atoms with van der Waals surface area (Å²) in [6, 6.07) is 0.230. The number of alkyl halides is 1. The number of carbonyl (C=O) groups excluding carboxylic acids is 1. The lowest BCUT2D eigenvalue weighted by molar-refractivity contribution is -0.118. The molecule has 0 N–H and O–H groups in total. The summed E-state index contributed by atoms with van der Waals surface area (Å²) in [4.78, 5) is 13.4. The number of ether oxygens (including phenoxy) is 1. The van der Waals surface area contributed by atoms with Crippen molar-refractivity contribution in [3.8, 4) is 0 Å². The van der Waals surface area contributed by atoms with Gasteiger partial charge in [0.1, 0.15) is 12.0 Å². The van der Waals surface area contributed by atoms with Crippen LogP contribution >= 0.6 is 0 Å². The Morgan fingerprint density at radius 2 is 2.35 bits per heavy atom. The van der Waals surface area contributed by atoms with E-state index >= 15 is 0 Å². The van der Waals surface area contributed by atoms with Crippen LogP contribution in [-0.2, 0) is 9.53 Å². The Labute approximate surface area is 102 Å². The number of hydrogen-bond acceptors (Lipinski definition) is 3. The van der Waals surface area contributed by atoms with Crippen molar-refractivity contribution < 1.29 is 13.9 Å². The molecule has 3 atom stereocenters. The number of hydrogen-bond donors (Lipinski definition) is 0. The van der Waals surface area contributed by atoms with E-state index < -0.39 is 6.17 Å². The smallest absolute Gasteiger partial charge is 0.131 e. The van der Waals surface area contributed by atoms with Gasteiger partial charge in [0.05, 0.1) is 6.61 Å². The van der Waals surface area contributed by atoms with Crippen LogP contribution in [0, 0.1) is 0 Å². The summed E-state index contributed by atoms with van der Waals surface area (Å²) in [5, 5.41) is 0. The van der Waals surface area contributed by atoms with E-state index in [1.165, 1.54) is 0 Å². The van der Waals surface area contributed by atoms with Gasteiger partial charge in [0.2, 0.25) is 0 Å². The Morgan fingerprint density at radius 3 is 3.00 bits per heavy atom. The molecule has 2 fully saturated rings. The van der Waals surface area contributed by atoms with Gasteiger partial charge >= 0.3 is 0 Å². The van der Waals surface area contributed by atoms with Crippen LogP contribution in [0.3, 0.4) is 0 Å². The maximum absolute atomic E-state index is 13.6. The molecule has 3 nitrogen and oxygen atoms in total. The van der Waals surface area contributed by atoms with Crippen molar-refractivity contribution in [2.45, 2.75) is 57.3 Å². The fourth-order valence-corrected chi connectivity index (χ4v) is 3.42. The van der Waals surface area contributed by atoms with Gasteiger partial charge in [0.15, 0.2) is 0 Å². The van der Waals surface area contributed by atoms with Crippen LogP contribution in [0.1, 0.15) is 39.5 Å².